The zero-order valence-corrected chi connectivity index (χ0v) is 24.7. The van der Waals surface area contributed by atoms with Crippen LogP contribution in [0.3, 0.4) is 0 Å². The molecule has 1 unspecified atom stereocenters. The standard InChI is InChI=1S/C29H26F7N5O3S/c1-27(2,3)41-26(38-24-6-4-5-23(37-24)29(34,35)36)20(14-42)25(39-41)18-9-12-21(40-45(43)16-28(31,32)33)22(13-18)44-15-17-7-10-19(30)11-8-17/h4-14,40H,15-16H2,1-3H3,(H,37,38). The summed E-state index contributed by atoms with van der Waals surface area (Å²) in [7, 11) is -2.58. The van der Waals surface area contributed by atoms with Crippen LogP contribution in [0.25, 0.3) is 11.3 Å². The third-order valence-electron chi connectivity index (χ3n) is 6.04. The van der Waals surface area contributed by atoms with E-state index >= 15 is 0 Å². The first kappa shape index (κ1) is 33.4. The van der Waals surface area contributed by atoms with Gasteiger partial charge in [-0.25, -0.2) is 18.3 Å². The predicted octanol–water partition coefficient (Wildman–Crippen LogP) is 7.63. The lowest BCUT2D eigenvalue weighted by Gasteiger charge is -2.23. The molecule has 1 atom stereocenters. The highest BCUT2D eigenvalue weighted by molar-refractivity contribution is 7.86. The fourth-order valence-corrected chi connectivity index (χ4v) is 4.85. The fourth-order valence-electron chi connectivity index (χ4n) is 4.07. The Hall–Kier alpha value is -4.47. The van der Waals surface area contributed by atoms with Gasteiger partial charge in [-0.15, -0.1) is 0 Å². The van der Waals surface area contributed by atoms with Crippen LogP contribution in [0.1, 0.15) is 42.4 Å². The molecule has 0 radical (unpaired) electrons. The summed E-state index contributed by atoms with van der Waals surface area (Å²) in [6, 6.07) is 12.5. The highest BCUT2D eigenvalue weighted by atomic mass is 32.2. The number of nitrogens with one attached hydrogen (secondary N) is 2. The van der Waals surface area contributed by atoms with Gasteiger partial charge in [-0.3, -0.25) is 4.79 Å². The monoisotopic (exact) mass is 657 g/mol. The average Bonchev–Trinajstić information content (AvgIpc) is 3.30. The number of nitrogens with zero attached hydrogens (tertiary/aromatic N) is 3. The molecule has 0 saturated carbocycles. The number of carbonyl (C=O) groups is 1. The summed E-state index contributed by atoms with van der Waals surface area (Å²) in [5, 5.41) is 7.31. The summed E-state index contributed by atoms with van der Waals surface area (Å²) in [4.78, 5) is 16.0. The maximum atomic E-state index is 13.4. The Morgan fingerprint density at radius 2 is 1.67 bits per heavy atom. The molecule has 0 fully saturated rings. The van der Waals surface area contributed by atoms with Crippen molar-refractivity contribution in [2.75, 3.05) is 15.8 Å². The number of rotatable bonds is 10. The molecule has 240 valence electrons. The van der Waals surface area contributed by atoms with Gasteiger partial charge in [0.05, 0.1) is 16.8 Å². The largest absolute Gasteiger partial charge is 0.487 e. The second kappa shape index (κ2) is 12.9. The number of aldehydes is 1. The number of halogens is 7. The number of pyridine rings is 1. The minimum absolute atomic E-state index is 0.0292. The van der Waals surface area contributed by atoms with Crippen molar-refractivity contribution in [3.8, 4) is 17.0 Å². The molecule has 0 aliphatic rings. The van der Waals surface area contributed by atoms with Gasteiger partial charge >= 0.3 is 12.4 Å². The first-order valence-electron chi connectivity index (χ1n) is 13.1. The summed E-state index contributed by atoms with van der Waals surface area (Å²) in [6.07, 6.45) is -8.99. The lowest BCUT2D eigenvalue weighted by Crippen LogP contribution is -2.25. The molecule has 16 heteroatoms. The van der Waals surface area contributed by atoms with E-state index < -0.39 is 46.1 Å². The van der Waals surface area contributed by atoms with Crippen LogP contribution in [-0.4, -0.2) is 37.2 Å². The van der Waals surface area contributed by atoms with E-state index in [1.165, 1.54) is 53.2 Å². The van der Waals surface area contributed by atoms with Gasteiger partial charge in [0.15, 0.2) is 6.29 Å². The van der Waals surface area contributed by atoms with Crippen LogP contribution >= 0.6 is 0 Å². The Balaban J connectivity index is 1.79. The molecule has 2 N–H and O–H groups in total. The quantitative estimate of drug-likeness (QED) is 0.135. The Morgan fingerprint density at radius 3 is 2.27 bits per heavy atom. The van der Waals surface area contributed by atoms with Crippen LogP contribution in [0.5, 0.6) is 5.75 Å². The Bertz CT molecular complexity index is 1700. The third kappa shape index (κ3) is 8.59. The molecule has 45 heavy (non-hydrogen) atoms. The molecule has 4 rings (SSSR count). The van der Waals surface area contributed by atoms with Crippen molar-refractivity contribution in [1.82, 2.24) is 14.8 Å². The van der Waals surface area contributed by atoms with E-state index in [1.54, 1.807) is 20.8 Å². The fraction of sp³-hybridized carbons (Fsp3) is 0.276. The van der Waals surface area contributed by atoms with Gasteiger partial charge in [-0.2, -0.15) is 31.4 Å². The first-order chi connectivity index (χ1) is 20.9. The van der Waals surface area contributed by atoms with Gasteiger partial charge in [-0.1, -0.05) is 24.3 Å². The van der Waals surface area contributed by atoms with E-state index in [0.717, 1.165) is 12.1 Å². The molecule has 8 nitrogen and oxygen atoms in total. The predicted molar refractivity (Wildman–Crippen MR) is 154 cm³/mol. The van der Waals surface area contributed by atoms with Gasteiger partial charge < -0.3 is 14.8 Å². The smallest absolute Gasteiger partial charge is 0.433 e. The van der Waals surface area contributed by atoms with Gasteiger partial charge in [0.2, 0.25) is 0 Å². The highest BCUT2D eigenvalue weighted by Gasteiger charge is 2.33. The van der Waals surface area contributed by atoms with E-state index in [4.69, 9.17) is 4.74 Å². The van der Waals surface area contributed by atoms with E-state index in [-0.39, 0.29) is 46.5 Å². The molecule has 0 amide bonds. The average molecular weight is 658 g/mol. The number of benzene rings is 2. The summed E-state index contributed by atoms with van der Waals surface area (Å²) in [6.45, 7) is 5.06. The van der Waals surface area contributed by atoms with E-state index in [9.17, 15) is 39.7 Å². The van der Waals surface area contributed by atoms with Gasteiger partial charge in [0, 0.05) is 5.56 Å². The minimum Gasteiger partial charge on any atom is -0.487 e. The number of alkyl halides is 6. The van der Waals surface area contributed by atoms with Crippen molar-refractivity contribution in [2.45, 2.75) is 45.3 Å². The zero-order valence-electron chi connectivity index (χ0n) is 23.9. The number of ether oxygens (including phenoxy) is 1. The van der Waals surface area contributed by atoms with Gasteiger partial charge in [0.1, 0.15) is 57.9 Å². The molecule has 4 aromatic rings. The van der Waals surface area contributed by atoms with Crippen molar-refractivity contribution in [1.29, 1.82) is 0 Å². The van der Waals surface area contributed by atoms with Crippen LogP contribution < -0.4 is 14.8 Å². The number of hydrogen-bond donors (Lipinski definition) is 2. The molecule has 0 saturated heterocycles. The molecule has 2 aromatic carbocycles. The maximum Gasteiger partial charge on any atom is 0.433 e. The van der Waals surface area contributed by atoms with Crippen molar-refractivity contribution < 1.29 is 44.5 Å². The topological polar surface area (TPSA) is 98.1 Å². The second-order valence-corrected chi connectivity index (χ2v) is 11.9. The van der Waals surface area contributed by atoms with Gasteiger partial charge in [0.25, 0.3) is 0 Å². The normalized spacial score (nSPS) is 12.9. The summed E-state index contributed by atoms with van der Waals surface area (Å²) >= 11 is 0. The third-order valence-corrected chi connectivity index (χ3v) is 7.08. The Labute approximate surface area is 255 Å². The molecule has 2 heterocycles. The second-order valence-electron chi connectivity index (χ2n) is 10.7. The summed E-state index contributed by atoms with van der Waals surface area (Å²) in [5.41, 5.74) is -1.29. The number of anilines is 3. The number of aromatic nitrogens is 3. The molecule has 0 aliphatic heterocycles. The van der Waals surface area contributed by atoms with Crippen molar-refractivity contribution >= 4 is 34.6 Å². The molecule has 2 aromatic heterocycles. The summed E-state index contributed by atoms with van der Waals surface area (Å²) in [5.74, 6) is -2.38. The number of hydrogen-bond acceptors (Lipinski definition) is 6. The molecule has 0 aliphatic carbocycles. The molecular weight excluding hydrogens is 631 g/mol. The van der Waals surface area contributed by atoms with Crippen LogP contribution in [0.15, 0.2) is 60.7 Å². The SMILES string of the molecule is CC(C)(C)n1nc(-c2ccc(NS(=O)CC(F)(F)F)c(OCc3ccc(F)cc3)c2)c(C=O)c1Nc1cccc(C(F)(F)F)n1. The Kier molecular flexibility index (Phi) is 9.56. The summed E-state index contributed by atoms with van der Waals surface area (Å²) < 4.78 is 113. The number of carbonyl (C=O) groups excluding carboxylic acids is 1. The lowest BCUT2D eigenvalue weighted by atomic mass is 10.1. The highest BCUT2D eigenvalue weighted by Crippen LogP contribution is 2.38. The van der Waals surface area contributed by atoms with Crippen LogP contribution in [0.4, 0.5) is 48.1 Å². The first-order valence-corrected chi connectivity index (χ1v) is 14.4. The van der Waals surface area contributed by atoms with Crippen LogP contribution in [0.2, 0.25) is 0 Å². The Morgan fingerprint density at radius 1 is 0.978 bits per heavy atom. The van der Waals surface area contributed by atoms with E-state index in [1.807, 2.05) is 0 Å². The van der Waals surface area contributed by atoms with Crippen molar-refractivity contribution in [2.24, 2.45) is 0 Å². The minimum atomic E-state index is -4.72. The van der Waals surface area contributed by atoms with E-state index in [0.29, 0.717) is 11.8 Å². The van der Waals surface area contributed by atoms with Crippen molar-refractivity contribution in [3.05, 3.63) is 83.3 Å². The van der Waals surface area contributed by atoms with Gasteiger partial charge in [-0.05, 0) is 62.7 Å². The lowest BCUT2D eigenvalue weighted by molar-refractivity contribution is -0.141. The molecule has 0 spiro atoms. The van der Waals surface area contributed by atoms with Crippen molar-refractivity contribution in [3.63, 3.8) is 0 Å². The maximum absolute atomic E-state index is 13.4. The van der Waals surface area contributed by atoms with Crippen LogP contribution in [0, 0.1) is 5.82 Å². The molecule has 0 bridgehead atoms. The van der Waals surface area contributed by atoms with E-state index in [2.05, 4.69) is 20.1 Å². The zero-order chi connectivity index (χ0) is 33.2. The van der Waals surface area contributed by atoms with Crippen LogP contribution in [-0.2, 0) is 29.3 Å². The molecular formula is C29H26F7N5O3S.